The molecule has 2 N–H and O–H groups in total. The van der Waals surface area contributed by atoms with Crippen molar-refractivity contribution < 1.29 is 4.79 Å². The van der Waals surface area contributed by atoms with Crippen LogP contribution in [0.25, 0.3) is 0 Å². The Labute approximate surface area is 96.2 Å². The van der Waals surface area contributed by atoms with E-state index >= 15 is 0 Å². The first kappa shape index (κ1) is 11.1. The van der Waals surface area contributed by atoms with Gasteiger partial charge in [0.15, 0.2) is 0 Å². The van der Waals surface area contributed by atoms with Gasteiger partial charge >= 0.3 is 0 Å². The molecule has 1 aliphatic rings. The van der Waals surface area contributed by atoms with Gasteiger partial charge < -0.3 is 10.6 Å². The molecule has 0 atom stereocenters. The smallest absolute Gasteiger partial charge is 0.254 e. The normalized spacial score (nSPS) is 18.1. The van der Waals surface area contributed by atoms with Crippen molar-refractivity contribution in [3.8, 4) is 0 Å². The third kappa shape index (κ3) is 1.83. The summed E-state index contributed by atoms with van der Waals surface area (Å²) in [7, 11) is 0. The van der Waals surface area contributed by atoms with Gasteiger partial charge in [-0.15, -0.1) is 0 Å². The molecule has 1 aromatic rings. The molecule has 0 saturated carbocycles. The lowest BCUT2D eigenvalue weighted by Gasteiger charge is -2.45. The number of likely N-dealkylation sites (tertiary alicyclic amines) is 1. The molecule has 0 unspecified atom stereocenters. The van der Waals surface area contributed by atoms with E-state index in [2.05, 4.69) is 0 Å². The largest absolute Gasteiger partial charge is 0.335 e. The lowest BCUT2D eigenvalue weighted by atomic mass is 9.91. The second kappa shape index (κ2) is 3.59. The lowest BCUT2D eigenvalue weighted by molar-refractivity contribution is 0.0452. The van der Waals surface area contributed by atoms with Gasteiger partial charge in [-0.1, -0.05) is 18.2 Å². The zero-order valence-corrected chi connectivity index (χ0v) is 10.1. The van der Waals surface area contributed by atoms with Gasteiger partial charge in [0.1, 0.15) is 0 Å². The topological polar surface area (TPSA) is 46.3 Å². The first-order chi connectivity index (χ1) is 7.41. The first-order valence-electron chi connectivity index (χ1n) is 5.55. The maximum absolute atomic E-state index is 12.2. The molecule has 0 aromatic heterocycles. The minimum absolute atomic E-state index is 0.110. The third-order valence-corrected chi connectivity index (χ3v) is 3.09. The van der Waals surface area contributed by atoms with Gasteiger partial charge in [-0.05, 0) is 31.9 Å². The first-order valence-corrected chi connectivity index (χ1v) is 5.55. The van der Waals surface area contributed by atoms with E-state index in [1.54, 1.807) is 0 Å². The van der Waals surface area contributed by atoms with Crippen LogP contribution in [0.3, 0.4) is 0 Å². The molecule has 0 aliphatic carbocycles. The van der Waals surface area contributed by atoms with E-state index in [0.717, 1.165) is 16.7 Å². The van der Waals surface area contributed by atoms with Crippen LogP contribution in [-0.2, 0) is 0 Å². The Morgan fingerprint density at radius 3 is 2.25 bits per heavy atom. The fraction of sp³-hybridized carbons (Fsp3) is 0.462. The molecule has 1 aromatic carbocycles. The molecule has 0 spiro atoms. The van der Waals surface area contributed by atoms with E-state index in [1.807, 2.05) is 43.9 Å². The van der Waals surface area contributed by atoms with Gasteiger partial charge in [0, 0.05) is 24.2 Å². The minimum atomic E-state index is -0.202. The lowest BCUT2D eigenvalue weighted by Crippen LogP contribution is -2.66. The molecule has 1 heterocycles. The molecule has 16 heavy (non-hydrogen) atoms. The summed E-state index contributed by atoms with van der Waals surface area (Å²) in [6, 6.07) is 5.92. The number of amides is 1. The molecule has 3 nitrogen and oxygen atoms in total. The number of benzene rings is 1. The molecule has 1 fully saturated rings. The Bertz CT molecular complexity index is 409. The maximum Gasteiger partial charge on any atom is 0.254 e. The van der Waals surface area contributed by atoms with Crippen LogP contribution in [0, 0.1) is 13.8 Å². The quantitative estimate of drug-likeness (QED) is 0.776. The third-order valence-electron chi connectivity index (χ3n) is 3.09. The number of rotatable bonds is 1. The van der Waals surface area contributed by atoms with Crippen LogP contribution in [-0.4, -0.2) is 29.4 Å². The Morgan fingerprint density at radius 2 is 1.81 bits per heavy atom. The van der Waals surface area contributed by atoms with E-state index in [9.17, 15) is 4.79 Å². The van der Waals surface area contributed by atoms with Crippen LogP contribution in [0.5, 0.6) is 0 Å². The average molecular weight is 218 g/mol. The molecule has 0 bridgehead atoms. The van der Waals surface area contributed by atoms with Crippen LogP contribution in [0.15, 0.2) is 18.2 Å². The number of aryl methyl sites for hydroxylation is 2. The van der Waals surface area contributed by atoms with Crippen LogP contribution >= 0.6 is 0 Å². The predicted octanol–water partition coefficient (Wildman–Crippen LogP) is 1.48. The maximum atomic E-state index is 12.2. The van der Waals surface area contributed by atoms with Crippen molar-refractivity contribution in [2.45, 2.75) is 26.3 Å². The van der Waals surface area contributed by atoms with Crippen LogP contribution in [0.4, 0.5) is 0 Å². The highest BCUT2D eigenvalue weighted by Gasteiger charge is 2.38. The van der Waals surface area contributed by atoms with Gasteiger partial charge in [0.05, 0.1) is 0 Å². The Kier molecular flexibility index (Phi) is 2.50. The van der Waals surface area contributed by atoms with E-state index in [4.69, 9.17) is 5.73 Å². The van der Waals surface area contributed by atoms with Crippen molar-refractivity contribution in [3.05, 3.63) is 34.9 Å². The number of hydrogen-bond acceptors (Lipinski definition) is 2. The van der Waals surface area contributed by atoms with Gasteiger partial charge in [0.2, 0.25) is 0 Å². The summed E-state index contributed by atoms with van der Waals surface area (Å²) in [5.41, 5.74) is 8.61. The van der Waals surface area contributed by atoms with Crippen molar-refractivity contribution in [3.63, 3.8) is 0 Å². The van der Waals surface area contributed by atoms with Crippen LogP contribution < -0.4 is 5.73 Å². The average Bonchev–Trinajstić information content (AvgIpc) is 2.13. The van der Waals surface area contributed by atoms with Crippen molar-refractivity contribution >= 4 is 5.91 Å². The fourth-order valence-corrected chi connectivity index (χ4v) is 2.28. The Hall–Kier alpha value is -1.35. The predicted molar refractivity (Wildman–Crippen MR) is 64.4 cm³/mol. The Balaban J connectivity index is 2.23. The number of nitrogens with two attached hydrogens (primary N) is 1. The zero-order valence-electron chi connectivity index (χ0n) is 10.1. The molecule has 1 aliphatic heterocycles. The minimum Gasteiger partial charge on any atom is -0.335 e. The summed E-state index contributed by atoms with van der Waals surface area (Å²) in [6.45, 7) is 7.23. The summed E-state index contributed by atoms with van der Waals surface area (Å²) in [5.74, 6) is 0.110. The zero-order chi connectivity index (χ0) is 11.9. The molecule has 0 radical (unpaired) electrons. The summed E-state index contributed by atoms with van der Waals surface area (Å²) in [6.07, 6.45) is 0. The number of hydrogen-bond donors (Lipinski definition) is 1. The molecular formula is C13H18N2O. The highest BCUT2D eigenvalue weighted by molar-refractivity contribution is 5.97. The molecule has 1 amide bonds. The van der Waals surface area contributed by atoms with Gasteiger partial charge in [0.25, 0.3) is 5.91 Å². The molecular weight excluding hydrogens is 200 g/mol. The number of carbonyl (C=O) groups excluding carboxylic acids is 1. The van der Waals surface area contributed by atoms with E-state index in [-0.39, 0.29) is 11.4 Å². The van der Waals surface area contributed by atoms with Gasteiger partial charge in [-0.3, -0.25) is 4.79 Å². The Morgan fingerprint density at radius 1 is 1.31 bits per heavy atom. The van der Waals surface area contributed by atoms with Gasteiger partial charge in [-0.25, -0.2) is 0 Å². The van der Waals surface area contributed by atoms with Crippen molar-refractivity contribution in [2.75, 3.05) is 13.1 Å². The molecule has 86 valence electrons. The SMILES string of the molecule is Cc1cccc(C)c1C(=O)N1CC(C)(N)C1. The summed E-state index contributed by atoms with van der Waals surface area (Å²) < 4.78 is 0. The molecule has 3 heteroatoms. The van der Waals surface area contributed by atoms with E-state index < -0.39 is 0 Å². The second-order valence-corrected chi connectivity index (χ2v) is 5.08. The highest BCUT2D eigenvalue weighted by atomic mass is 16.2. The standard InChI is InChI=1S/C13H18N2O/c1-9-5-4-6-10(2)11(9)12(16)15-7-13(3,14)8-15/h4-6H,7-8,14H2,1-3H3. The highest BCUT2D eigenvalue weighted by Crippen LogP contribution is 2.23. The second-order valence-electron chi connectivity index (χ2n) is 5.08. The molecule has 1 saturated heterocycles. The van der Waals surface area contributed by atoms with E-state index in [1.165, 1.54) is 0 Å². The van der Waals surface area contributed by atoms with Crippen molar-refractivity contribution in [1.29, 1.82) is 0 Å². The number of nitrogens with zero attached hydrogens (tertiary/aromatic N) is 1. The summed E-state index contributed by atoms with van der Waals surface area (Å²) in [5, 5.41) is 0. The summed E-state index contributed by atoms with van der Waals surface area (Å²) in [4.78, 5) is 14.0. The monoisotopic (exact) mass is 218 g/mol. The molecule has 2 rings (SSSR count). The van der Waals surface area contributed by atoms with Crippen LogP contribution in [0.1, 0.15) is 28.4 Å². The van der Waals surface area contributed by atoms with Crippen LogP contribution in [0.2, 0.25) is 0 Å². The van der Waals surface area contributed by atoms with Gasteiger partial charge in [-0.2, -0.15) is 0 Å². The summed E-state index contributed by atoms with van der Waals surface area (Å²) >= 11 is 0. The van der Waals surface area contributed by atoms with Crippen molar-refractivity contribution in [2.24, 2.45) is 5.73 Å². The van der Waals surface area contributed by atoms with Crippen molar-refractivity contribution in [1.82, 2.24) is 4.90 Å². The number of carbonyl (C=O) groups is 1. The van der Waals surface area contributed by atoms with E-state index in [0.29, 0.717) is 13.1 Å². The fourth-order valence-electron chi connectivity index (χ4n) is 2.28.